The molecule has 1 N–H and O–H groups in total. The zero-order valence-electron chi connectivity index (χ0n) is 13.3. The quantitative estimate of drug-likeness (QED) is 0.915. The summed E-state index contributed by atoms with van der Waals surface area (Å²) in [5.41, 5.74) is 1.41. The van der Waals surface area contributed by atoms with Crippen LogP contribution >= 0.6 is 0 Å². The first-order valence-electron chi connectivity index (χ1n) is 7.70. The normalized spacial score (nSPS) is 21.7. The predicted molar refractivity (Wildman–Crippen MR) is 82.7 cm³/mol. The molecule has 1 aromatic carbocycles. The van der Waals surface area contributed by atoms with Crippen LogP contribution in [0, 0.1) is 18.7 Å². The minimum atomic E-state index is -0.450. The Balaban J connectivity index is 1.64. The van der Waals surface area contributed by atoms with Gasteiger partial charge in [0.15, 0.2) is 0 Å². The van der Waals surface area contributed by atoms with Gasteiger partial charge in [0, 0.05) is 43.6 Å². The maximum absolute atomic E-state index is 13.9. The molecular weight excluding hydrogens is 299 g/mol. The standard InChI is InChI=1S/C17H21FN2O3/c1-11-5-15(23-19-11)7-13-9-20(10-17(13)21)8-12-6-14(22-2)3-4-16(12)18/h3-6,13,17,21H,7-10H2,1-2H3/t13-,17+/m1/s1. The van der Waals surface area contributed by atoms with Crippen LogP contribution in [0.15, 0.2) is 28.8 Å². The monoisotopic (exact) mass is 320 g/mol. The van der Waals surface area contributed by atoms with Gasteiger partial charge in [-0.15, -0.1) is 0 Å². The van der Waals surface area contributed by atoms with Gasteiger partial charge in [0.1, 0.15) is 17.3 Å². The van der Waals surface area contributed by atoms with Crippen molar-refractivity contribution in [2.24, 2.45) is 5.92 Å². The SMILES string of the molecule is COc1ccc(F)c(CN2C[C@@H](Cc3cc(C)no3)[C@@H](O)C2)c1. The summed E-state index contributed by atoms with van der Waals surface area (Å²) in [6.45, 7) is 3.54. The number of likely N-dealkylation sites (tertiary alicyclic amines) is 1. The molecule has 0 bridgehead atoms. The van der Waals surface area contributed by atoms with E-state index >= 15 is 0 Å². The number of aromatic nitrogens is 1. The molecule has 6 heteroatoms. The number of ether oxygens (including phenoxy) is 1. The van der Waals surface area contributed by atoms with E-state index in [0.29, 0.717) is 37.4 Å². The Morgan fingerprint density at radius 2 is 2.22 bits per heavy atom. The predicted octanol–water partition coefficient (Wildman–Crippen LogP) is 2.17. The van der Waals surface area contributed by atoms with Crippen molar-refractivity contribution in [1.82, 2.24) is 10.1 Å². The molecule has 2 atom stereocenters. The topological polar surface area (TPSA) is 58.7 Å². The lowest BCUT2D eigenvalue weighted by molar-refractivity contribution is 0.137. The van der Waals surface area contributed by atoms with Gasteiger partial charge in [0.2, 0.25) is 0 Å². The zero-order chi connectivity index (χ0) is 16.4. The highest BCUT2D eigenvalue weighted by Crippen LogP contribution is 2.25. The van der Waals surface area contributed by atoms with Gasteiger partial charge in [0.05, 0.1) is 18.9 Å². The summed E-state index contributed by atoms with van der Waals surface area (Å²) in [6.07, 6.45) is 0.188. The van der Waals surface area contributed by atoms with Crippen molar-refractivity contribution in [3.63, 3.8) is 0 Å². The van der Waals surface area contributed by atoms with Crippen LogP contribution in [0.3, 0.4) is 0 Å². The van der Waals surface area contributed by atoms with Crippen LogP contribution in [0.25, 0.3) is 0 Å². The Bertz CT molecular complexity index is 674. The molecule has 0 amide bonds. The summed E-state index contributed by atoms with van der Waals surface area (Å²) in [4.78, 5) is 2.05. The Labute approximate surface area is 134 Å². The largest absolute Gasteiger partial charge is 0.497 e. The first kappa shape index (κ1) is 16.0. The molecule has 0 radical (unpaired) electrons. The van der Waals surface area contributed by atoms with E-state index in [1.165, 1.54) is 6.07 Å². The third-order valence-corrected chi connectivity index (χ3v) is 4.27. The highest BCUT2D eigenvalue weighted by Gasteiger charge is 2.32. The molecular formula is C17H21FN2O3. The lowest BCUT2D eigenvalue weighted by Gasteiger charge is -2.16. The van der Waals surface area contributed by atoms with Gasteiger partial charge in [-0.1, -0.05) is 5.16 Å². The number of aryl methyl sites for hydroxylation is 1. The van der Waals surface area contributed by atoms with Gasteiger partial charge in [-0.25, -0.2) is 4.39 Å². The fourth-order valence-electron chi connectivity index (χ4n) is 3.08. The second-order valence-electron chi connectivity index (χ2n) is 6.12. The molecule has 124 valence electrons. The number of benzene rings is 1. The average molecular weight is 320 g/mol. The number of methoxy groups -OCH3 is 1. The van der Waals surface area contributed by atoms with E-state index in [1.54, 1.807) is 19.2 Å². The van der Waals surface area contributed by atoms with Gasteiger partial charge in [0.25, 0.3) is 0 Å². The van der Waals surface area contributed by atoms with Crippen LogP contribution in [0.4, 0.5) is 4.39 Å². The number of rotatable bonds is 5. The second-order valence-corrected chi connectivity index (χ2v) is 6.12. The molecule has 1 aliphatic heterocycles. The number of hydrogen-bond acceptors (Lipinski definition) is 5. The molecule has 0 unspecified atom stereocenters. The van der Waals surface area contributed by atoms with E-state index in [1.807, 2.05) is 13.0 Å². The molecule has 1 aliphatic rings. The van der Waals surface area contributed by atoms with Gasteiger partial charge < -0.3 is 14.4 Å². The molecule has 0 aliphatic carbocycles. The summed E-state index contributed by atoms with van der Waals surface area (Å²) in [6, 6.07) is 6.61. The average Bonchev–Trinajstić information content (AvgIpc) is 3.08. The van der Waals surface area contributed by atoms with E-state index < -0.39 is 6.10 Å². The maximum Gasteiger partial charge on any atom is 0.137 e. The van der Waals surface area contributed by atoms with Crippen molar-refractivity contribution in [2.75, 3.05) is 20.2 Å². The summed E-state index contributed by atoms with van der Waals surface area (Å²) in [7, 11) is 1.56. The minimum Gasteiger partial charge on any atom is -0.497 e. The van der Waals surface area contributed by atoms with Gasteiger partial charge in [-0.05, 0) is 25.1 Å². The molecule has 0 spiro atoms. The van der Waals surface area contributed by atoms with Gasteiger partial charge in [-0.2, -0.15) is 0 Å². The van der Waals surface area contributed by atoms with Gasteiger partial charge >= 0.3 is 0 Å². The Kier molecular flexibility index (Phi) is 4.63. The second kappa shape index (κ2) is 6.68. The highest BCUT2D eigenvalue weighted by molar-refractivity contribution is 5.29. The third kappa shape index (κ3) is 3.71. The van der Waals surface area contributed by atoms with Crippen molar-refractivity contribution < 1.29 is 18.8 Å². The van der Waals surface area contributed by atoms with E-state index in [4.69, 9.17) is 9.26 Å². The van der Waals surface area contributed by atoms with Crippen LogP contribution in [0.5, 0.6) is 5.75 Å². The molecule has 23 heavy (non-hydrogen) atoms. The van der Waals surface area contributed by atoms with Gasteiger partial charge in [-0.3, -0.25) is 4.90 Å². The lowest BCUT2D eigenvalue weighted by Crippen LogP contribution is -2.22. The highest BCUT2D eigenvalue weighted by atomic mass is 19.1. The fraction of sp³-hybridized carbons (Fsp3) is 0.471. The molecule has 1 aromatic heterocycles. The molecule has 0 saturated carbocycles. The van der Waals surface area contributed by atoms with Crippen molar-refractivity contribution in [1.29, 1.82) is 0 Å². The van der Waals surface area contributed by atoms with E-state index in [9.17, 15) is 9.50 Å². The Hall–Kier alpha value is -1.92. The van der Waals surface area contributed by atoms with Crippen molar-refractivity contribution in [3.05, 3.63) is 47.1 Å². The Morgan fingerprint density at radius 3 is 2.91 bits per heavy atom. The summed E-state index contributed by atoms with van der Waals surface area (Å²) in [5, 5.41) is 14.1. The van der Waals surface area contributed by atoms with Crippen LogP contribution in [-0.4, -0.2) is 41.5 Å². The number of hydrogen-bond donors (Lipinski definition) is 1. The van der Waals surface area contributed by atoms with Crippen molar-refractivity contribution >= 4 is 0 Å². The number of nitrogens with zero attached hydrogens (tertiary/aromatic N) is 2. The molecule has 1 saturated heterocycles. The van der Waals surface area contributed by atoms with Crippen molar-refractivity contribution in [2.45, 2.75) is 26.0 Å². The first-order chi connectivity index (χ1) is 11.0. The van der Waals surface area contributed by atoms with E-state index in [2.05, 4.69) is 10.1 Å². The number of β-amino-alcohol motifs (C(OH)–C–C–N with tert-alkyl or cyclic N) is 1. The van der Waals surface area contributed by atoms with Crippen LogP contribution in [-0.2, 0) is 13.0 Å². The molecule has 1 fully saturated rings. The van der Waals surface area contributed by atoms with Crippen LogP contribution < -0.4 is 4.74 Å². The number of aliphatic hydroxyl groups is 1. The summed E-state index contributed by atoms with van der Waals surface area (Å²) < 4.78 is 24.3. The summed E-state index contributed by atoms with van der Waals surface area (Å²) in [5.74, 6) is 1.22. The fourth-order valence-corrected chi connectivity index (χ4v) is 3.08. The Morgan fingerprint density at radius 1 is 1.39 bits per heavy atom. The summed E-state index contributed by atoms with van der Waals surface area (Å²) >= 11 is 0. The molecule has 2 aromatic rings. The number of aliphatic hydroxyl groups excluding tert-OH is 1. The first-order valence-corrected chi connectivity index (χ1v) is 7.70. The molecule has 3 rings (SSSR count). The third-order valence-electron chi connectivity index (χ3n) is 4.27. The minimum absolute atomic E-state index is 0.0658. The zero-order valence-corrected chi connectivity index (χ0v) is 13.3. The molecule has 5 nitrogen and oxygen atoms in total. The van der Waals surface area contributed by atoms with E-state index in [-0.39, 0.29) is 11.7 Å². The van der Waals surface area contributed by atoms with E-state index in [0.717, 1.165) is 11.5 Å². The molecule has 2 heterocycles. The van der Waals surface area contributed by atoms with Crippen LogP contribution in [0.2, 0.25) is 0 Å². The smallest absolute Gasteiger partial charge is 0.137 e. The maximum atomic E-state index is 13.9. The number of halogens is 1. The van der Waals surface area contributed by atoms with Crippen LogP contribution in [0.1, 0.15) is 17.0 Å². The lowest BCUT2D eigenvalue weighted by atomic mass is 10.0. The van der Waals surface area contributed by atoms with Crippen molar-refractivity contribution in [3.8, 4) is 5.75 Å².